The number of hydrogen-bond donors (Lipinski definition) is 2. The van der Waals surface area contributed by atoms with Crippen LogP contribution in [0.2, 0.25) is 0 Å². The van der Waals surface area contributed by atoms with Crippen LogP contribution >= 0.6 is 0 Å². The van der Waals surface area contributed by atoms with Crippen molar-refractivity contribution >= 4 is 5.91 Å². The number of rotatable bonds is 4. The van der Waals surface area contributed by atoms with Gasteiger partial charge in [-0.25, -0.2) is 9.37 Å². The molecule has 1 fully saturated rings. The van der Waals surface area contributed by atoms with E-state index in [1.165, 1.54) is 24.7 Å². The number of carbonyl (C=O) groups is 1. The van der Waals surface area contributed by atoms with Gasteiger partial charge < -0.3 is 10.3 Å². The second-order valence-corrected chi connectivity index (χ2v) is 5.57. The van der Waals surface area contributed by atoms with Gasteiger partial charge in [-0.2, -0.15) is 0 Å². The molecule has 0 bridgehead atoms. The summed E-state index contributed by atoms with van der Waals surface area (Å²) < 4.78 is 12.9. The molecule has 21 heavy (non-hydrogen) atoms. The molecule has 2 N–H and O–H groups in total. The molecule has 2 aromatic rings. The van der Waals surface area contributed by atoms with Crippen molar-refractivity contribution in [2.45, 2.75) is 31.7 Å². The fraction of sp³-hybridized carbons (Fsp3) is 0.375. The van der Waals surface area contributed by atoms with Gasteiger partial charge in [0.15, 0.2) is 0 Å². The summed E-state index contributed by atoms with van der Waals surface area (Å²) in [5.74, 6) is 0.0834. The Balaban J connectivity index is 1.62. The van der Waals surface area contributed by atoms with Crippen molar-refractivity contribution < 1.29 is 9.18 Å². The number of hydrogen-bond acceptors (Lipinski definition) is 2. The van der Waals surface area contributed by atoms with Crippen molar-refractivity contribution in [2.75, 3.05) is 0 Å². The quantitative estimate of drug-likeness (QED) is 0.908. The van der Waals surface area contributed by atoms with E-state index >= 15 is 0 Å². The van der Waals surface area contributed by atoms with Gasteiger partial charge in [0.05, 0.1) is 12.5 Å². The van der Waals surface area contributed by atoms with Crippen LogP contribution in [0.5, 0.6) is 0 Å². The highest BCUT2D eigenvalue weighted by molar-refractivity contribution is 5.92. The number of aromatic amines is 1. The molecule has 0 aliphatic heterocycles. The van der Waals surface area contributed by atoms with Gasteiger partial charge in [-0.3, -0.25) is 4.79 Å². The third kappa shape index (κ3) is 3.29. The minimum absolute atomic E-state index is 0.108. The minimum atomic E-state index is -0.214. The number of nitrogens with one attached hydrogen (secondary N) is 2. The molecule has 5 heteroatoms. The predicted molar refractivity (Wildman–Crippen MR) is 77.3 cm³/mol. The number of nitrogens with zero attached hydrogens (tertiary/aromatic N) is 1. The molecule has 1 aromatic carbocycles. The Labute approximate surface area is 122 Å². The highest BCUT2D eigenvalue weighted by Crippen LogP contribution is 2.29. The van der Waals surface area contributed by atoms with Gasteiger partial charge in [0.25, 0.3) is 5.91 Å². The summed E-state index contributed by atoms with van der Waals surface area (Å²) in [7, 11) is 0. The molecule has 0 spiro atoms. The van der Waals surface area contributed by atoms with E-state index in [0.29, 0.717) is 11.6 Å². The van der Waals surface area contributed by atoms with Crippen molar-refractivity contribution in [3.05, 3.63) is 53.9 Å². The molecule has 0 unspecified atom stereocenters. The van der Waals surface area contributed by atoms with E-state index < -0.39 is 0 Å². The molecule has 110 valence electrons. The minimum Gasteiger partial charge on any atom is -0.348 e. The van der Waals surface area contributed by atoms with Gasteiger partial charge in [-0.1, -0.05) is 18.6 Å². The Kier molecular flexibility index (Phi) is 3.99. The van der Waals surface area contributed by atoms with Crippen LogP contribution in [0, 0.1) is 11.7 Å². The first-order valence-corrected chi connectivity index (χ1v) is 7.26. The number of imidazole rings is 1. The van der Waals surface area contributed by atoms with Crippen molar-refractivity contribution in [1.82, 2.24) is 15.3 Å². The lowest BCUT2D eigenvalue weighted by atomic mass is 9.94. The number of H-pyrrole nitrogens is 1. The van der Waals surface area contributed by atoms with Crippen LogP contribution in [-0.2, 0) is 6.42 Å². The number of halogens is 1. The van der Waals surface area contributed by atoms with Gasteiger partial charge in [0.2, 0.25) is 0 Å². The predicted octanol–water partition coefficient (Wildman–Crippen LogP) is 2.69. The van der Waals surface area contributed by atoms with Gasteiger partial charge in [0.1, 0.15) is 11.5 Å². The molecule has 1 amide bonds. The normalized spacial score (nSPS) is 21.4. The molecule has 1 heterocycles. The van der Waals surface area contributed by atoms with E-state index in [9.17, 15) is 9.18 Å². The van der Waals surface area contributed by atoms with Crippen LogP contribution in [0.4, 0.5) is 4.39 Å². The molecule has 4 nitrogen and oxygen atoms in total. The number of carbonyl (C=O) groups excluding carboxylic acids is 1. The van der Waals surface area contributed by atoms with Crippen molar-refractivity contribution in [3.8, 4) is 0 Å². The lowest BCUT2D eigenvalue weighted by Crippen LogP contribution is -2.38. The van der Waals surface area contributed by atoms with Gasteiger partial charge in [-0.15, -0.1) is 0 Å². The molecule has 3 rings (SSSR count). The number of aromatic nitrogens is 2. The average molecular weight is 287 g/mol. The lowest BCUT2D eigenvalue weighted by Gasteiger charge is -2.20. The number of amides is 1. The summed E-state index contributed by atoms with van der Waals surface area (Å²) in [5.41, 5.74) is 1.60. The molecule has 1 aromatic heterocycles. The SMILES string of the molecule is O=C(N[C@H]1CCC[C@H]1Cc1ccc(F)cc1)c1cnc[nH]1. The van der Waals surface area contributed by atoms with Gasteiger partial charge in [-0.05, 0) is 42.9 Å². The third-order valence-corrected chi connectivity index (χ3v) is 4.13. The maximum Gasteiger partial charge on any atom is 0.269 e. The molecule has 0 radical (unpaired) electrons. The Morgan fingerprint density at radius 3 is 2.86 bits per heavy atom. The van der Waals surface area contributed by atoms with E-state index in [4.69, 9.17) is 0 Å². The van der Waals surface area contributed by atoms with E-state index in [1.807, 2.05) is 12.1 Å². The Morgan fingerprint density at radius 2 is 2.14 bits per heavy atom. The van der Waals surface area contributed by atoms with E-state index in [2.05, 4.69) is 15.3 Å². The number of benzene rings is 1. The van der Waals surface area contributed by atoms with E-state index in [1.54, 1.807) is 0 Å². The van der Waals surface area contributed by atoms with Crippen LogP contribution in [-0.4, -0.2) is 21.9 Å². The van der Waals surface area contributed by atoms with Crippen LogP contribution < -0.4 is 5.32 Å². The first-order valence-electron chi connectivity index (χ1n) is 7.26. The van der Waals surface area contributed by atoms with Crippen LogP contribution in [0.1, 0.15) is 35.3 Å². The maximum absolute atomic E-state index is 12.9. The van der Waals surface area contributed by atoms with Crippen molar-refractivity contribution in [1.29, 1.82) is 0 Å². The Hall–Kier alpha value is -2.17. The smallest absolute Gasteiger partial charge is 0.269 e. The Morgan fingerprint density at radius 1 is 1.33 bits per heavy atom. The van der Waals surface area contributed by atoms with E-state index in [0.717, 1.165) is 31.2 Å². The summed E-state index contributed by atoms with van der Waals surface area (Å²) in [6.45, 7) is 0. The maximum atomic E-state index is 12.9. The molecular formula is C16H18FN3O. The Bertz CT molecular complexity index is 594. The standard InChI is InChI=1S/C16H18FN3O/c17-13-6-4-11(5-7-13)8-12-2-1-3-14(12)20-16(21)15-9-18-10-19-15/h4-7,9-10,12,14H,1-3,8H2,(H,18,19)(H,20,21)/t12-,14-/m0/s1. The zero-order valence-corrected chi connectivity index (χ0v) is 11.7. The molecule has 1 saturated carbocycles. The third-order valence-electron chi connectivity index (χ3n) is 4.13. The zero-order valence-electron chi connectivity index (χ0n) is 11.7. The second-order valence-electron chi connectivity index (χ2n) is 5.57. The van der Waals surface area contributed by atoms with Crippen LogP contribution in [0.3, 0.4) is 0 Å². The molecule has 0 saturated heterocycles. The first kappa shape index (κ1) is 13.8. The molecular weight excluding hydrogens is 269 g/mol. The summed E-state index contributed by atoms with van der Waals surface area (Å²) in [6.07, 6.45) is 7.09. The highest BCUT2D eigenvalue weighted by atomic mass is 19.1. The topological polar surface area (TPSA) is 57.8 Å². The molecule has 1 aliphatic rings. The van der Waals surface area contributed by atoms with Gasteiger partial charge >= 0.3 is 0 Å². The van der Waals surface area contributed by atoms with Crippen molar-refractivity contribution in [3.63, 3.8) is 0 Å². The summed E-state index contributed by atoms with van der Waals surface area (Å²) >= 11 is 0. The largest absolute Gasteiger partial charge is 0.348 e. The van der Waals surface area contributed by atoms with Gasteiger partial charge in [0, 0.05) is 6.04 Å². The monoisotopic (exact) mass is 287 g/mol. The molecule has 1 aliphatic carbocycles. The summed E-state index contributed by atoms with van der Waals surface area (Å²) in [4.78, 5) is 18.8. The first-order chi connectivity index (χ1) is 10.2. The highest BCUT2D eigenvalue weighted by Gasteiger charge is 2.29. The average Bonchev–Trinajstić information content (AvgIpc) is 3.14. The fourth-order valence-corrected chi connectivity index (χ4v) is 3.02. The lowest BCUT2D eigenvalue weighted by molar-refractivity contribution is 0.0923. The summed E-state index contributed by atoms with van der Waals surface area (Å²) in [5, 5.41) is 3.08. The zero-order chi connectivity index (χ0) is 14.7. The van der Waals surface area contributed by atoms with Crippen molar-refractivity contribution in [2.24, 2.45) is 5.92 Å². The molecule has 2 atom stereocenters. The fourth-order valence-electron chi connectivity index (χ4n) is 3.02. The summed E-state index contributed by atoms with van der Waals surface area (Å²) in [6, 6.07) is 6.79. The van der Waals surface area contributed by atoms with Crippen LogP contribution in [0.25, 0.3) is 0 Å². The van der Waals surface area contributed by atoms with Crippen LogP contribution in [0.15, 0.2) is 36.8 Å². The van der Waals surface area contributed by atoms with E-state index in [-0.39, 0.29) is 17.8 Å². The second kappa shape index (κ2) is 6.08.